The fourth-order valence-corrected chi connectivity index (χ4v) is 8.99. The molecule has 0 aliphatic carbocycles. The molecule has 28 nitrogen and oxygen atoms in total. The Kier molecular flexibility index (Phi) is 22.5. The van der Waals surface area contributed by atoms with Crippen molar-refractivity contribution in [3.63, 3.8) is 0 Å². The summed E-state index contributed by atoms with van der Waals surface area (Å²) < 4.78 is 79.7. The molecule has 0 spiro atoms. The van der Waals surface area contributed by atoms with Gasteiger partial charge in [-0.15, -0.1) is 0 Å². The van der Waals surface area contributed by atoms with Crippen LogP contribution >= 0.6 is 0 Å². The Bertz CT molecular complexity index is 1700. The third-order valence-corrected chi connectivity index (χ3v) is 12.5. The zero-order valence-electron chi connectivity index (χ0n) is 37.7. The number of hydrogen-bond acceptors (Lipinski definition) is 25. The second-order valence-electron chi connectivity index (χ2n) is 17.1. The molecule has 4 aliphatic rings. The van der Waals surface area contributed by atoms with Gasteiger partial charge in [0.1, 0.15) is 85.4 Å². The number of carbonyl (C=O) groups is 3. The molecule has 14 N–H and O–H groups in total. The molecule has 396 valence electrons. The lowest BCUT2D eigenvalue weighted by atomic mass is 9.88. The van der Waals surface area contributed by atoms with Crippen molar-refractivity contribution < 1.29 is 127 Å². The van der Waals surface area contributed by atoms with Gasteiger partial charge in [-0.25, -0.2) is 17.9 Å². The number of carbonyl (C=O) groups excluding carboxylic acids is 2. The van der Waals surface area contributed by atoms with E-state index in [-0.39, 0.29) is 19.0 Å². The van der Waals surface area contributed by atoms with Gasteiger partial charge in [-0.3, -0.25) is 9.59 Å². The molecule has 1 amide bonds. The monoisotopic (exact) mass is 1010 g/mol. The summed E-state index contributed by atoms with van der Waals surface area (Å²) in [6.45, 7) is -2.79. The van der Waals surface area contributed by atoms with Gasteiger partial charge in [0.05, 0.1) is 51.9 Å². The molecule has 0 saturated carbocycles. The van der Waals surface area contributed by atoms with Crippen molar-refractivity contribution in [1.29, 1.82) is 0 Å². The molecule has 4 aliphatic heterocycles. The van der Waals surface area contributed by atoms with Crippen LogP contribution in [0.15, 0.2) is 0 Å². The lowest BCUT2D eigenvalue weighted by molar-refractivity contribution is -0.388. The van der Waals surface area contributed by atoms with E-state index in [1.165, 1.54) is 7.11 Å². The molecule has 4 fully saturated rings. The number of carboxylic acid groups (broad SMARTS) is 1. The van der Waals surface area contributed by atoms with Crippen LogP contribution in [0.25, 0.3) is 0 Å². The number of esters is 1. The Morgan fingerprint density at radius 3 is 1.97 bits per heavy atom. The Labute approximate surface area is 390 Å². The number of ether oxygens (including phenoxy) is 9. The minimum Gasteiger partial charge on any atom is -0.477 e. The van der Waals surface area contributed by atoms with E-state index >= 15 is 0 Å². The van der Waals surface area contributed by atoms with Gasteiger partial charge in [-0.2, -0.15) is 0 Å². The van der Waals surface area contributed by atoms with Crippen molar-refractivity contribution in [2.75, 3.05) is 46.4 Å². The Balaban J connectivity index is 1.70. The first kappa shape index (κ1) is 58.1. The van der Waals surface area contributed by atoms with Gasteiger partial charge < -0.3 is 109 Å². The van der Waals surface area contributed by atoms with Crippen LogP contribution in [0, 0.1) is 0 Å². The highest BCUT2D eigenvalue weighted by molar-refractivity contribution is 7.88. The van der Waals surface area contributed by atoms with Crippen LogP contribution in [0.1, 0.15) is 58.3 Å². The predicted molar refractivity (Wildman–Crippen MR) is 221 cm³/mol. The fraction of sp³-hybridized carbons (Fsp3) is 0.923. The number of aliphatic hydroxyl groups is 11. The second kappa shape index (κ2) is 26.3. The molecule has 0 bridgehead atoms. The molecule has 20 atom stereocenters. The summed E-state index contributed by atoms with van der Waals surface area (Å²) >= 11 is 0. The van der Waals surface area contributed by atoms with Crippen LogP contribution in [0.2, 0.25) is 0 Å². The molecule has 0 aromatic heterocycles. The molecule has 4 saturated heterocycles. The van der Waals surface area contributed by atoms with Crippen molar-refractivity contribution >= 4 is 27.9 Å². The highest BCUT2D eigenvalue weighted by Crippen LogP contribution is 2.39. The number of methoxy groups -OCH3 is 1. The first-order valence-corrected chi connectivity index (χ1v) is 23.9. The summed E-state index contributed by atoms with van der Waals surface area (Å²) in [5, 5.41) is 130. The standard InChI is InChI=1S/C39H68N2O26S/c1-17(45)40-24-18(46)12-39(38(55)56,66-32(24)27(51)19(47)13-42)67-34-28(52)21(14-43)62-37(30(34)54)65-33-25(41-68(3,57)58)35(60-11-9-7-5-4-6-8-10-23(49)59-2)63-22(15-44)31(33)64-36-29(53)26(50)20(48)16-61-36/h18-22,24-37,41-44,46-48,50-54H,4-16H2,1-3H3,(H,40,45)(H,55,56)/t18?,19?,20-,21?,22?,24-,25?,26?,27?,28-,29?,30?,31+,32?,33?,34?,35-,36?,37?,39+/m1/s1. The topological polar surface area (TPSA) is 435 Å². The second-order valence-corrected chi connectivity index (χ2v) is 18.9. The van der Waals surface area contributed by atoms with Crippen LogP contribution in [0.4, 0.5) is 0 Å². The smallest absolute Gasteiger partial charge is 0.364 e. The van der Waals surface area contributed by atoms with Crippen LogP contribution < -0.4 is 10.0 Å². The lowest BCUT2D eigenvalue weighted by Gasteiger charge is -2.51. The molecular formula is C39H68N2O26S. The van der Waals surface area contributed by atoms with E-state index in [9.17, 15) is 84.1 Å². The van der Waals surface area contributed by atoms with Gasteiger partial charge in [0.2, 0.25) is 15.9 Å². The quantitative estimate of drug-likeness (QED) is 0.0298. The molecular weight excluding hydrogens is 944 g/mol. The SMILES string of the molecule is COC(=O)CCCCCCCCO[C@@H]1OC(CO)[C@H](OC2OC[C@@H](O)C(O)C2O)C(OC2OC(CO)[C@@H](O)C(O[C@]3(C(=O)O)CC(O)[C@@H](NC(C)=O)C(C(O)C(O)CO)O3)C2O)C1NS(C)(=O)=O. The maximum atomic E-state index is 13.1. The molecule has 0 radical (unpaired) electrons. The molecule has 4 heterocycles. The largest absolute Gasteiger partial charge is 0.477 e. The van der Waals surface area contributed by atoms with E-state index in [0.717, 1.165) is 32.4 Å². The number of aliphatic carboxylic acids is 1. The van der Waals surface area contributed by atoms with Gasteiger partial charge in [-0.1, -0.05) is 25.7 Å². The van der Waals surface area contributed by atoms with Gasteiger partial charge in [0.15, 0.2) is 18.9 Å². The number of sulfonamides is 1. The number of carboxylic acids is 1. The number of unbranched alkanes of at least 4 members (excludes halogenated alkanes) is 5. The summed E-state index contributed by atoms with van der Waals surface area (Å²) in [6, 6.07) is -3.37. The highest BCUT2D eigenvalue weighted by atomic mass is 32.2. The normalized spacial score (nSPS) is 38.9. The third-order valence-electron chi connectivity index (χ3n) is 11.8. The van der Waals surface area contributed by atoms with E-state index in [0.29, 0.717) is 19.3 Å². The summed E-state index contributed by atoms with van der Waals surface area (Å²) in [6.07, 6.45) is -29.5. The number of amides is 1. The van der Waals surface area contributed by atoms with E-state index in [2.05, 4.69) is 14.8 Å². The zero-order valence-corrected chi connectivity index (χ0v) is 38.5. The Morgan fingerprint density at radius 1 is 0.765 bits per heavy atom. The Morgan fingerprint density at radius 2 is 1.38 bits per heavy atom. The van der Waals surface area contributed by atoms with Crippen LogP contribution in [-0.2, 0) is 67.0 Å². The van der Waals surface area contributed by atoms with Crippen molar-refractivity contribution in [2.24, 2.45) is 0 Å². The van der Waals surface area contributed by atoms with Crippen molar-refractivity contribution in [1.82, 2.24) is 10.0 Å². The minimum absolute atomic E-state index is 0.0755. The highest BCUT2D eigenvalue weighted by Gasteiger charge is 2.61. The van der Waals surface area contributed by atoms with E-state index in [1.54, 1.807) is 0 Å². The number of nitrogens with one attached hydrogen (secondary N) is 2. The third kappa shape index (κ3) is 15.1. The van der Waals surface area contributed by atoms with Crippen LogP contribution in [0.5, 0.6) is 0 Å². The number of aliphatic hydroxyl groups excluding tert-OH is 11. The first-order chi connectivity index (χ1) is 32.0. The van der Waals surface area contributed by atoms with E-state index in [4.69, 9.17) is 37.9 Å². The van der Waals surface area contributed by atoms with Gasteiger partial charge in [0, 0.05) is 26.4 Å². The molecule has 0 aromatic carbocycles. The van der Waals surface area contributed by atoms with Crippen molar-refractivity contribution in [3.05, 3.63) is 0 Å². The Hall–Kier alpha value is -2.44. The first-order valence-electron chi connectivity index (χ1n) is 22.0. The van der Waals surface area contributed by atoms with Crippen LogP contribution in [-0.4, -0.2) is 256 Å². The predicted octanol–water partition coefficient (Wildman–Crippen LogP) is -7.28. The van der Waals surface area contributed by atoms with Gasteiger partial charge in [-0.05, 0) is 12.8 Å². The zero-order chi connectivity index (χ0) is 50.7. The lowest BCUT2D eigenvalue weighted by Crippen LogP contribution is -2.71. The van der Waals surface area contributed by atoms with E-state index < -0.39 is 177 Å². The van der Waals surface area contributed by atoms with Crippen molar-refractivity contribution in [3.8, 4) is 0 Å². The molecule has 14 unspecified atom stereocenters. The summed E-state index contributed by atoms with van der Waals surface area (Å²) in [5.41, 5.74) is 0. The molecule has 0 aromatic rings. The average Bonchev–Trinajstić information content (AvgIpc) is 3.28. The fourth-order valence-electron chi connectivity index (χ4n) is 8.25. The summed E-state index contributed by atoms with van der Waals surface area (Å²) in [5.74, 6) is -6.34. The van der Waals surface area contributed by atoms with Crippen molar-refractivity contribution in [2.45, 2.75) is 180 Å². The van der Waals surface area contributed by atoms with E-state index in [1.807, 2.05) is 0 Å². The number of hydrogen-bond donors (Lipinski definition) is 14. The number of rotatable bonds is 25. The van der Waals surface area contributed by atoms with Crippen LogP contribution in [0.3, 0.4) is 0 Å². The maximum absolute atomic E-state index is 13.1. The molecule has 4 rings (SSSR count). The van der Waals surface area contributed by atoms with Gasteiger partial charge >= 0.3 is 11.9 Å². The minimum atomic E-state index is -4.31. The maximum Gasteiger partial charge on any atom is 0.364 e. The average molecular weight is 1010 g/mol. The summed E-state index contributed by atoms with van der Waals surface area (Å²) in [4.78, 5) is 36.5. The summed E-state index contributed by atoms with van der Waals surface area (Å²) in [7, 11) is -3.01. The molecule has 29 heteroatoms. The molecule has 68 heavy (non-hydrogen) atoms. The van der Waals surface area contributed by atoms with Gasteiger partial charge in [0.25, 0.3) is 5.79 Å².